The summed E-state index contributed by atoms with van der Waals surface area (Å²) >= 11 is 0. The van der Waals surface area contributed by atoms with Crippen molar-refractivity contribution in [2.45, 2.75) is 52.4 Å². The van der Waals surface area contributed by atoms with Crippen LogP contribution in [0, 0.1) is 5.92 Å². The number of allylic oxidation sites excluding steroid dienone is 2. The minimum absolute atomic E-state index is 0.797. The van der Waals surface area contributed by atoms with Gasteiger partial charge in [0.2, 0.25) is 0 Å². The molecule has 0 amide bonds. The van der Waals surface area contributed by atoms with Gasteiger partial charge in [0.05, 0.1) is 0 Å². The molecule has 0 saturated carbocycles. The lowest BCUT2D eigenvalue weighted by Crippen LogP contribution is -1.94. The van der Waals surface area contributed by atoms with Gasteiger partial charge in [-0.3, -0.25) is 0 Å². The summed E-state index contributed by atoms with van der Waals surface area (Å²) in [6, 6.07) is 10.7. The van der Waals surface area contributed by atoms with Crippen LogP contribution in [0.5, 0.6) is 0 Å². The largest absolute Gasteiger partial charge is 0.0879 e. The lowest BCUT2D eigenvalue weighted by molar-refractivity contribution is 0.539. The fourth-order valence-corrected chi connectivity index (χ4v) is 2.09. The van der Waals surface area contributed by atoms with Crippen molar-refractivity contribution < 1.29 is 0 Å². The Morgan fingerprint density at radius 1 is 1.12 bits per heavy atom. The van der Waals surface area contributed by atoms with Gasteiger partial charge >= 0.3 is 0 Å². The molecule has 1 aromatic carbocycles. The first-order valence-electron chi connectivity index (χ1n) is 7.07. The molecule has 0 nitrogen and oxygen atoms in total. The highest BCUT2D eigenvalue weighted by Gasteiger charge is 1.99. The van der Waals surface area contributed by atoms with Crippen LogP contribution in [-0.4, -0.2) is 0 Å². The van der Waals surface area contributed by atoms with Crippen molar-refractivity contribution in [1.82, 2.24) is 0 Å². The highest BCUT2D eigenvalue weighted by atomic mass is 14.1. The van der Waals surface area contributed by atoms with Crippen molar-refractivity contribution in [2.24, 2.45) is 5.92 Å². The summed E-state index contributed by atoms with van der Waals surface area (Å²) in [6.07, 6.45) is 12.5. The van der Waals surface area contributed by atoms with Crippen molar-refractivity contribution in [1.29, 1.82) is 0 Å². The average molecular weight is 230 g/mol. The van der Waals surface area contributed by atoms with Crippen LogP contribution in [0.3, 0.4) is 0 Å². The molecule has 1 rings (SSSR count). The Hall–Kier alpha value is -1.04. The monoisotopic (exact) mass is 230 g/mol. The molecule has 0 aliphatic heterocycles. The zero-order valence-corrected chi connectivity index (χ0v) is 11.4. The quantitative estimate of drug-likeness (QED) is 0.525. The number of unbranched alkanes of at least 4 members (excludes halogenated alkanes) is 1. The van der Waals surface area contributed by atoms with Crippen LogP contribution < -0.4 is 0 Å². The van der Waals surface area contributed by atoms with Crippen LogP contribution in [0.15, 0.2) is 42.5 Å². The predicted octanol–water partition coefficient (Wildman–Crippen LogP) is 5.39. The van der Waals surface area contributed by atoms with E-state index in [9.17, 15) is 0 Å². The summed E-state index contributed by atoms with van der Waals surface area (Å²) in [5, 5.41) is 0. The third-order valence-electron chi connectivity index (χ3n) is 3.30. The maximum atomic E-state index is 2.43. The third kappa shape index (κ3) is 6.31. The first-order valence-corrected chi connectivity index (χ1v) is 7.07. The molecule has 0 aliphatic rings. The number of hydrogen-bond donors (Lipinski definition) is 0. The van der Waals surface area contributed by atoms with Crippen LogP contribution in [0.4, 0.5) is 0 Å². The van der Waals surface area contributed by atoms with E-state index in [0.717, 1.165) is 5.92 Å². The maximum absolute atomic E-state index is 2.43. The molecule has 0 fully saturated rings. The van der Waals surface area contributed by atoms with Gasteiger partial charge in [-0.15, -0.1) is 0 Å². The SMILES string of the molecule is CCCCC(/C=C\CCc1ccccc1)CC. The van der Waals surface area contributed by atoms with Crippen LogP contribution >= 0.6 is 0 Å². The predicted molar refractivity (Wildman–Crippen MR) is 77.2 cm³/mol. The summed E-state index contributed by atoms with van der Waals surface area (Å²) in [5.74, 6) is 0.797. The summed E-state index contributed by atoms with van der Waals surface area (Å²) in [4.78, 5) is 0. The van der Waals surface area contributed by atoms with Gasteiger partial charge in [0, 0.05) is 0 Å². The summed E-state index contributed by atoms with van der Waals surface area (Å²) < 4.78 is 0. The molecule has 0 spiro atoms. The van der Waals surface area contributed by atoms with Gasteiger partial charge in [0.1, 0.15) is 0 Å². The minimum atomic E-state index is 0.797. The smallest absolute Gasteiger partial charge is 0.0236 e. The lowest BCUT2D eigenvalue weighted by Gasteiger charge is -2.08. The molecule has 0 heteroatoms. The Bertz CT molecular complexity index is 297. The van der Waals surface area contributed by atoms with E-state index in [2.05, 4.69) is 56.3 Å². The molecule has 0 heterocycles. The Morgan fingerprint density at radius 3 is 2.53 bits per heavy atom. The number of rotatable bonds is 8. The van der Waals surface area contributed by atoms with Crippen molar-refractivity contribution in [3.05, 3.63) is 48.0 Å². The first-order chi connectivity index (χ1) is 8.36. The Kier molecular flexibility index (Phi) is 7.46. The van der Waals surface area contributed by atoms with Crippen molar-refractivity contribution in [2.75, 3.05) is 0 Å². The van der Waals surface area contributed by atoms with E-state index in [1.54, 1.807) is 0 Å². The van der Waals surface area contributed by atoms with E-state index in [0.29, 0.717) is 0 Å². The molecule has 0 radical (unpaired) electrons. The van der Waals surface area contributed by atoms with Crippen LogP contribution in [0.25, 0.3) is 0 Å². The molecule has 0 saturated heterocycles. The van der Waals surface area contributed by atoms with Gasteiger partial charge in [0.25, 0.3) is 0 Å². The van der Waals surface area contributed by atoms with E-state index >= 15 is 0 Å². The van der Waals surface area contributed by atoms with E-state index in [1.807, 2.05) is 0 Å². The molecule has 0 N–H and O–H groups in total. The van der Waals surface area contributed by atoms with Gasteiger partial charge in [-0.1, -0.05) is 69.2 Å². The van der Waals surface area contributed by atoms with Gasteiger partial charge in [-0.25, -0.2) is 0 Å². The van der Waals surface area contributed by atoms with Gasteiger partial charge in [0.15, 0.2) is 0 Å². The van der Waals surface area contributed by atoms with E-state index < -0.39 is 0 Å². The minimum Gasteiger partial charge on any atom is -0.0879 e. The molecule has 94 valence electrons. The average Bonchev–Trinajstić information content (AvgIpc) is 2.39. The van der Waals surface area contributed by atoms with Gasteiger partial charge in [-0.05, 0) is 37.2 Å². The lowest BCUT2D eigenvalue weighted by atomic mass is 9.98. The van der Waals surface area contributed by atoms with Crippen molar-refractivity contribution >= 4 is 0 Å². The van der Waals surface area contributed by atoms with Gasteiger partial charge < -0.3 is 0 Å². The van der Waals surface area contributed by atoms with Crippen LogP contribution in [0.1, 0.15) is 51.5 Å². The molecule has 1 aromatic rings. The summed E-state index contributed by atoms with van der Waals surface area (Å²) in [6.45, 7) is 4.56. The van der Waals surface area contributed by atoms with Crippen LogP contribution in [-0.2, 0) is 6.42 Å². The molecule has 1 unspecified atom stereocenters. The van der Waals surface area contributed by atoms with Crippen molar-refractivity contribution in [3.8, 4) is 0 Å². The zero-order valence-electron chi connectivity index (χ0n) is 11.4. The first kappa shape index (κ1) is 14.0. The molecular weight excluding hydrogens is 204 g/mol. The fraction of sp³-hybridized carbons (Fsp3) is 0.529. The van der Waals surface area contributed by atoms with E-state index in [4.69, 9.17) is 0 Å². The Labute approximate surface area is 107 Å². The molecule has 0 aliphatic carbocycles. The van der Waals surface area contributed by atoms with E-state index in [-0.39, 0.29) is 0 Å². The normalized spacial score (nSPS) is 13.1. The van der Waals surface area contributed by atoms with Gasteiger partial charge in [-0.2, -0.15) is 0 Å². The third-order valence-corrected chi connectivity index (χ3v) is 3.30. The maximum Gasteiger partial charge on any atom is -0.0236 e. The Balaban J connectivity index is 2.24. The summed E-state index contributed by atoms with van der Waals surface area (Å²) in [5.41, 5.74) is 1.44. The second-order valence-corrected chi connectivity index (χ2v) is 4.76. The highest BCUT2D eigenvalue weighted by molar-refractivity contribution is 5.15. The number of benzene rings is 1. The fourth-order valence-electron chi connectivity index (χ4n) is 2.09. The number of hydrogen-bond acceptors (Lipinski definition) is 0. The molecular formula is C17H26. The second-order valence-electron chi connectivity index (χ2n) is 4.76. The molecule has 17 heavy (non-hydrogen) atoms. The molecule has 0 aromatic heterocycles. The molecule has 1 atom stereocenters. The molecule has 0 bridgehead atoms. The standard InChI is InChI=1S/C17H26/c1-3-5-11-16(4-2)12-9-10-15-17-13-7-6-8-14-17/h6-9,12-14,16H,3-5,10-11,15H2,1-2H3/b12-9-. The second kappa shape index (κ2) is 9.04. The topological polar surface area (TPSA) is 0 Å². The number of aryl methyl sites for hydroxylation is 1. The van der Waals surface area contributed by atoms with E-state index in [1.165, 1.54) is 44.1 Å². The summed E-state index contributed by atoms with van der Waals surface area (Å²) in [7, 11) is 0. The zero-order chi connectivity index (χ0) is 12.3. The highest BCUT2D eigenvalue weighted by Crippen LogP contribution is 2.14. The van der Waals surface area contributed by atoms with Crippen LogP contribution in [0.2, 0.25) is 0 Å². The Morgan fingerprint density at radius 2 is 1.88 bits per heavy atom. The van der Waals surface area contributed by atoms with Crippen molar-refractivity contribution in [3.63, 3.8) is 0 Å².